The van der Waals surface area contributed by atoms with Crippen LogP contribution in [-0.4, -0.2) is 5.11 Å². The summed E-state index contributed by atoms with van der Waals surface area (Å²) in [5, 5.41) is 11.9. The van der Waals surface area contributed by atoms with Crippen molar-refractivity contribution in [3.05, 3.63) is 67.2 Å². The lowest BCUT2D eigenvalue weighted by Crippen LogP contribution is -2.24. The van der Waals surface area contributed by atoms with Crippen molar-refractivity contribution in [2.75, 3.05) is 0 Å². The Balaban J connectivity index is 2.30. The second-order valence-electron chi connectivity index (χ2n) is 4.69. The molecule has 1 unspecified atom stereocenters. The summed E-state index contributed by atoms with van der Waals surface area (Å²) in [5.41, 5.74) is 0.736. The molecule has 0 aliphatic heterocycles. The van der Waals surface area contributed by atoms with E-state index in [0.717, 1.165) is 14.7 Å². The first-order valence-corrected chi connectivity index (χ1v) is 7.64. The lowest BCUT2D eigenvalue weighted by Gasteiger charge is -2.24. The van der Waals surface area contributed by atoms with Gasteiger partial charge >= 0.3 is 0 Å². The fourth-order valence-corrected chi connectivity index (χ4v) is 2.70. The summed E-state index contributed by atoms with van der Waals surface area (Å²) >= 11 is 14.4. The van der Waals surface area contributed by atoms with Crippen LogP contribution in [-0.2, 0) is 12.0 Å². The van der Waals surface area contributed by atoms with Crippen molar-refractivity contribution >= 4 is 45.8 Å². The fraction of sp³-hybridized carbons (Fsp3) is 0.200. The Bertz CT molecular complexity index is 579. The molecule has 0 spiro atoms. The molecule has 0 aromatic heterocycles. The molecule has 1 atom stereocenters. The lowest BCUT2D eigenvalue weighted by atomic mass is 9.89. The molecule has 0 amide bonds. The zero-order valence-corrected chi connectivity index (χ0v) is 14.0. The zero-order chi connectivity index (χ0) is 14.0. The van der Waals surface area contributed by atoms with Gasteiger partial charge in [0, 0.05) is 20.0 Å². The van der Waals surface area contributed by atoms with E-state index in [2.05, 4.69) is 22.6 Å². The first kappa shape index (κ1) is 15.1. The van der Waals surface area contributed by atoms with Crippen molar-refractivity contribution in [3.8, 4) is 0 Å². The smallest absolute Gasteiger partial charge is 0.0909 e. The van der Waals surface area contributed by atoms with Gasteiger partial charge in [-0.1, -0.05) is 35.3 Å². The topological polar surface area (TPSA) is 20.2 Å². The van der Waals surface area contributed by atoms with E-state index in [0.29, 0.717) is 16.5 Å². The van der Waals surface area contributed by atoms with Gasteiger partial charge in [-0.3, -0.25) is 0 Å². The second-order valence-corrected chi connectivity index (χ2v) is 6.78. The maximum atomic E-state index is 10.6. The van der Waals surface area contributed by atoms with Crippen LogP contribution in [0, 0.1) is 3.57 Å². The van der Waals surface area contributed by atoms with E-state index in [1.165, 1.54) is 0 Å². The Morgan fingerprint density at radius 3 is 2.37 bits per heavy atom. The number of benzene rings is 2. The lowest BCUT2D eigenvalue weighted by molar-refractivity contribution is 0.0576. The van der Waals surface area contributed by atoms with Crippen LogP contribution < -0.4 is 0 Å². The number of aliphatic hydroxyl groups is 1. The molecule has 1 nitrogen and oxygen atoms in total. The zero-order valence-electron chi connectivity index (χ0n) is 10.3. The van der Waals surface area contributed by atoms with E-state index in [-0.39, 0.29) is 0 Å². The van der Waals surface area contributed by atoms with Crippen LogP contribution in [0.25, 0.3) is 0 Å². The molecular formula is C15H13Cl2IO. The third-order valence-electron chi connectivity index (χ3n) is 3.01. The van der Waals surface area contributed by atoms with Gasteiger partial charge in [-0.2, -0.15) is 0 Å². The average Bonchev–Trinajstić information content (AvgIpc) is 2.34. The van der Waals surface area contributed by atoms with Crippen LogP contribution in [0.2, 0.25) is 10.0 Å². The number of hydrogen-bond donors (Lipinski definition) is 1. The molecule has 0 fully saturated rings. The summed E-state index contributed by atoms with van der Waals surface area (Å²) in [5.74, 6) is 0. The molecular weight excluding hydrogens is 394 g/mol. The van der Waals surface area contributed by atoms with Crippen molar-refractivity contribution < 1.29 is 5.11 Å². The molecule has 0 saturated carbocycles. The van der Waals surface area contributed by atoms with Gasteiger partial charge < -0.3 is 5.11 Å². The van der Waals surface area contributed by atoms with Crippen LogP contribution in [0.4, 0.5) is 0 Å². The highest BCUT2D eigenvalue weighted by Crippen LogP contribution is 2.30. The molecule has 2 aromatic carbocycles. The maximum Gasteiger partial charge on any atom is 0.0909 e. The predicted octanol–water partition coefficient (Wildman–Crippen LogP) is 5.05. The first-order chi connectivity index (χ1) is 8.88. The van der Waals surface area contributed by atoms with Crippen LogP contribution in [0.1, 0.15) is 18.1 Å². The normalized spacial score (nSPS) is 14.2. The van der Waals surface area contributed by atoms with Crippen molar-refractivity contribution in [1.82, 2.24) is 0 Å². The van der Waals surface area contributed by atoms with Crippen LogP contribution in [0.5, 0.6) is 0 Å². The summed E-state index contributed by atoms with van der Waals surface area (Å²) in [7, 11) is 0. The van der Waals surface area contributed by atoms with Gasteiger partial charge in [0.15, 0.2) is 0 Å². The largest absolute Gasteiger partial charge is 0.385 e. The SMILES string of the molecule is CC(O)(Cc1cc(Cl)ccc1Cl)c1ccc(I)cc1. The highest BCUT2D eigenvalue weighted by Gasteiger charge is 2.24. The van der Waals surface area contributed by atoms with Crippen LogP contribution in [0.3, 0.4) is 0 Å². The highest BCUT2D eigenvalue weighted by molar-refractivity contribution is 14.1. The van der Waals surface area contributed by atoms with E-state index < -0.39 is 5.60 Å². The van der Waals surface area contributed by atoms with Gasteiger partial charge in [0.1, 0.15) is 0 Å². The summed E-state index contributed by atoms with van der Waals surface area (Å²) < 4.78 is 1.14. The standard InChI is InChI=1S/C15H13Cl2IO/c1-15(19,11-2-5-13(18)6-3-11)9-10-8-12(16)4-7-14(10)17/h2-8,19H,9H2,1H3. The van der Waals surface area contributed by atoms with Gasteiger partial charge in [-0.05, 0) is 71.0 Å². The van der Waals surface area contributed by atoms with Gasteiger partial charge in [0.2, 0.25) is 0 Å². The average molecular weight is 407 g/mol. The minimum absolute atomic E-state index is 0.424. The minimum Gasteiger partial charge on any atom is -0.385 e. The molecule has 1 N–H and O–H groups in total. The molecule has 100 valence electrons. The van der Waals surface area contributed by atoms with E-state index in [9.17, 15) is 5.11 Å². The molecule has 0 heterocycles. The molecule has 4 heteroatoms. The molecule has 2 aromatic rings. The third-order valence-corrected chi connectivity index (χ3v) is 4.33. The minimum atomic E-state index is -0.974. The van der Waals surface area contributed by atoms with E-state index in [1.807, 2.05) is 24.3 Å². The van der Waals surface area contributed by atoms with Crippen molar-refractivity contribution in [3.63, 3.8) is 0 Å². The number of rotatable bonds is 3. The van der Waals surface area contributed by atoms with Crippen molar-refractivity contribution in [2.24, 2.45) is 0 Å². The monoisotopic (exact) mass is 406 g/mol. The third kappa shape index (κ3) is 3.85. The Morgan fingerprint density at radius 2 is 1.74 bits per heavy atom. The summed E-state index contributed by atoms with van der Waals surface area (Å²) in [4.78, 5) is 0. The Labute approximate surface area is 136 Å². The van der Waals surface area contributed by atoms with E-state index >= 15 is 0 Å². The summed E-state index contributed by atoms with van der Waals surface area (Å²) in [6, 6.07) is 13.1. The summed E-state index contributed by atoms with van der Waals surface area (Å²) in [6.45, 7) is 1.78. The molecule has 0 aliphatic carbocycles. The fourth-order valence-electron chi connectivity index (χ4n) is 1.96. The van der Waals surface area contributed by atoms with E-state index in [1.54, 1.807) is 25.1 Å². The molecule has 2 rings (SSSR count). The molecule has 0 aliphatic rings. The van der Waals surface area contributed by atoms with Gasteiger partial charge in [-0.15, -0.1) is 0 Å². The first-order valence-electron chi connectivity index (χ1n) is 5.81. The van der Waals surface area contributed by atoms with Gasteiger partial charge in [-0.25, -0.2) is 0 Å². The van der Waals surface area contributed by atoms with Gasteiger partial charge in [0.25, 0.3) is 0 Å². The Kier molecular flexibility index (Phi) is 4.77. The number of halogens is 3. The van der Waals surface area contributed by atoms with Crippen molar-refractivity contribution in [2.45, 2.75) is 18.9 Å². The van der Waals surface area contributed by atoms with Crippen LogP contribution >= 0.6 is 45.8 Å². The quantitative estimate of drug-likeness (QED) is 0.707. The molecule has 19 heavy (non-hydrogen) atoms. The molecule has 0 saturated heterocycles. The second kappa shape index (κ2) is 6.00. The molecule has 0 radical (unpaired) electrons. The summed E-state index contributed by atoms with van der Waals surface area (Å²) in [6.07, 6.45) is 0.424. The predicted molar refractivity (Wildman–Crippen MR) is 88.9 cm³/mol. The molecule has 0 bridgehead atoms. The van der Waals surface area contributed by atoms with Gasteiger partial charge in [0.05, 0.1) is 5.60 Å². The maximum absolute atomic E-state index is 10.6. The Hall–Kier alpha value is -0.290. The van der Waals surface area contributed by atoms with Crippen LogP contribution in [0.15, 0.2) is 42.5 Å². The van der Waals surface area contributed by atoms with Crippen molar-refractivity contribution in [1.29, 1.82) is 0 Å². The number of hydrogen-bond acceptors (Lipinski definition) is 1. The Morgan fingerprint density at radius 1 is 1.11 bits per heavy atom. The van der Waals surface area contributed by atoms with E-state index in [4.69, 9.17) is 23.2 Å². The highest BCUT2D eigenvalue weighted by atomic mass is 127.